The van der Waals surface area contributed by atoms with Gasteiger partial charge in [-0.1, -0.05) is 219 Å². The fourth-order valence-electron chi connectivity index (χ4n) is 6.80. The molecule has 1 unspecified atom stereocenters. The molecule has 0 bridgehead atoms. The van der Waals surface area contributed by atoms with Gasteiger partial charge >= 0.3 is 17.9 Å². The highest BCUT2D eigenvalue weighted by Crippen LogP contribution is 2.12. The van der Waals surface area contributed by atoms with Crippen molar-refractivity contribution in [2.24, 2.45) is 0 Å². The van der Waals surface area contributed by atoms with Crippen molar-refractivity contribution in [1.29, 1.82) is 0 Å². The number of ether oxygens (including phenoxy) is 3. The standard InChI is InChI=1S/C62H98O6/c1-4-7-10-13-16-18-20-21-22-23-24-25-26-27-28-29-30-31-32-33-34-35-36-37-38-39-40-41-43-44-46-49-52-55-61(64)67-58-59(57-66-60(63)54-51-48-15-12-9-6-3)68-62(65)56-53-50-47-45-42-19-17-14-11-8-5-2/h7,10,14,16-18,21-22,24-25,27-28,30-31,33-34,36-37,39-40,43-44,59H,4-6,8-9,11-13,15,19-20,23,26,29,32,35,38,41-42,45-58H2,1-3H3/b10-7-,17-14-,18-16-,22-21-,25-24-,28-27-,31-30-,34-33-,37-36-,40-39-,44-43-. The van der Waals surface area contributed by atoms with Crippen LogP contribution < -0.4 is 0 Å². The summed E-state index contributed by atoms with van der Waals surface area (Å²) in [6.45, 7) is 6.35. The van der Waals surface area contributed by atoms with Gasteiger partial charge in [0.15, 0.2) is 6.10 Å². The minimum absolute atomic E-state index is 0.0986. The van der Waals surface area contributed by atoms with Gasteiger partial charge in [-0.3, -0.25) is 14.4 Å². The normalized spacial score (nSPS) is 13.2. The molecule has 0 saturated heterocycles. The molecule has 0 fully saturated rings. The van der Waals surface area contributed by atoms with Gasteiger partial charge in [-0.15, -0.1) is 0 Å². The Morgan fingerprint density at radius 2 is 0.588 bits per heavy atom. The first-order valence-corrected chi connectivity index (χ1v) is 27.2. The molecule has 1 atom stereocenters. The van der Waals surface area contributed by atoms with Crippen molar-refractivity contribution in [2.45, 2.75) is 226 Å². The second kappa shape index (κ2) is 55.1. The van der Waals surface area contributed by atoms with Crippen molar-refractivity contribution >= 4 is 17.9 Å². The maximum atomic E-state index is 12.7. The Morgan fingerprint density at radius 3 is 0.985 bits per heavy atom. The smallest absolute Gasteiger partial charge is 0.306 e. The lowest BCUT2D eigenvalue weighted by Gasteiger charge is -2.18. The van der Waals surface area contributed by atoms with Gasteiger partial charge in [-0.25, -0.2) is 0 Å². The fourth-order valence-corrected chi connectivity index (χ4v) is 6.80. The Bertz CT molecular complexity index is 1500. The molecule has 0 radical (unpaired) electrons. The van der Waals surface area contributed by atoms with Gasteiger partial charge in [0.2, 0.25) is 0 Å². The molecule has 0 heterocycles. The topological polar surface area (TPSA) is 78.9 Å². The molecule has 0 aromatic carbocycles. The molecule has 0 saturated carbocycles. The summed E-state index contributed by atoms with van der Waals surface area (Å²) in [5, 5.41) is 0. The lowest BCUT2D eigenvalue weighted by atomic mass is 10.1. The quantitative estimate of drug-likeness (QED) is 0.0262. The molecule has 0 N–H and O–H groups in total. The van der Waals surface area contributed by atoms with Crippen molar-refractivity contribution in [1.82, 2.24) is 0 Å². The Labute approximate surface area is 417 Å². The van der Waals surface area contributed by atoms with Gasteiger partial charge in [0, 0.05) is 19.3 Å². The number of rotatable bonds is 47. The number of carbonyl (C=O) groups excluding carboxylic acids is 3. The zero-order chi connectivity index (χ0) is 49.3. The van der Waals surface area contributed by atoms with Gasteiger partial charge in [-0.05, 0) is 116 Å². The summed E-state index contributed by atoms with van der Waals surface area (Å²) in [4.78, 5) is 37.7. The van der Waals surface area contributed by atoms with Crippen LogP contribution in [0.25, 0.3) is 0 Å². The summed E-state index contributed by atoms with van der Waals surface area (Å²) in [6, 6.07) is 0. The van der Waals surface area contributed by atoms with E-state index in [4.69, 9.17) is 14.2 Å². The first kappa shape index (κ1) is 63.5. The highest BCUT2D eigenvalue weighted by molar-refractivity contribution is 5.71. The zero-order valence-corrected chi connectivity index (χ0v) is 43.6. The number of unbranched alkanes of at least 4 members (excludes halogenated alkanes) is 14. The summed E-state index contributed by atoms with van der Waals surface area (Å²) < 4.78 is 16.6. The molecular formula is C62H98O6. The minimum Gasteiger partial charge on any atom is -0.462 e. The van der Waals surface area contributed by atoms with E-state index in [0.29, 0.717) is 25.7 Å². The summed E-state index contributed by atoms with van der Waals surface area (Å²) >= 11 is 0. The maximum absolute atomic E-state index is 12.7. The largest absolute Gasteiger partial charge is 0.462 e. The van der Waals surface area contributed by atoms with Gasteiger partial charge < -0.3 is 14.2 Å². The van der Waals surface area contributed by atoms with Crippen LogP contribution in [0.4, 0.5) is 0 Å². The van der Waals surface area contributed by atoms with Crippen LogP contribution in [-0.4, -0.2) is 37.2 Å². The molecule has 0 aliphatic rings. The fraction of sp³-hybridized carbons (Fsp3) is 0.597. The van der Waals surface area contributed by atoms with E-state index in [1.807, 2.05) is 0 Å². The lowest BCUT2D eigenvalue weighted by molar-refractivity contribution is -0.167. The van der Waals surface area contributed by atoms with E-state index in [1.54, 1.807) is 0 Å². The summed E-state index contributed by atoms with van der Waals surface area (Å²) in [6.07, 6.45) is 77.7. The second-order valence-corrected chi connectivity index (χ2v) is 17.4. The highest BCUT2D eigenvalue weighted by atomic mass is 16.6. The lowest BCUT2D eigenvalue weighted by Crippen LogP contribution is -2.30. The van der Waals surface area contributed by atoms with Gasteiger partial charge in [0.25, 0.3) is 0 Å². The van der Waals surface area contributed by atoms with Crippen molar-refractivity contribution in [2.75, 3.05) is 13.2 Å². The number of hydrogen-bond acceptors (Lipinski definition) is 6. The van der Waals surface area contributed by atoms with Gasteiger partial charge in [0.1, 0.15) is 13.2 Å². The predicted octanol–water partition coefficient (Wildman–Crippen LogP) is 18.3. The Hall–Kier alpha value is -4.45. The van der Waals surface area contributed by atoms with Crippen molar-refractivity contribution in [3.63, 3.8) is 0 Å². The summed E-state index contributed by atoms with van der Waals surface area (Å²) in [5.74, 6) is -0.975. The van der Waals surface area contributed by atoms with E-state index in [0.717, 1.165) is 128 Å². The number of esters is 3. The average molecular weight is 939 g/mol. The minimum atomic E-state index is -0.799. The van der Waals surface area contributed by atoms with Crippen LogP contribution in [0, 0.1) is 0 Å². The molecule has 0 aromatic rings. The van der Waals surface area contributed by atoms with Crippen LogP contribution in [0.3, 0.4) is 0 Å². The first-order valence-electron chi connectivity index (χ1n) is 27.2. The predicted molar refractivity (Wildman–Crippen MR) is 292 cm³/mol. The van der Waals surface area contributed by atoms with E-state index in [9.17, 15) is 14.4 Å². The molecule has 0 rings (SSSR count). The third-order valence-electron chi connectivity index (χ3n) is 10.9. The van der Waals surface area contributed by atoms with Crippen molar-refractivity contribution < 1.29 is 28.6 Å². The number of allylic oxidation sites excluding steroid dienone is 22. The van der Waals surface area contributed by atoms with E-state index in [2.05, 4.69) is 154 Å². The second-order valence-electron chi connectivity index (χ2n) is 17.4. The summed E-state index contributed by atoms with van der Waals surface area (Å²) in [5.41, 5.74) is 0. The molecule has 0 aliphatic heterocycles. The molecule has 68 heavy (non-hydrogen) atoms. The van der Waals surface area contributed by atoms with Crippen molar-refractivity contribution in [3.05, 3.63) is 134 Å². The van der Waals surface area contributed by atoms with E-state index in [1.165, 1.54) is 44.9 Å². The molecule has 0 spiro atoms. The number of carbonyl (C=O) groups is 3. The third-order valence-corrected chi connectivity index (χ3v) is 10.9. The SMILES string of the molecule is CC/C=C\C/C=C\C/C=C\C/C=C\C/C=C\C/C=C\C/C=C\C/C=C\C/C=C\C/C=C\CCCCC(=O)OCC(COC(=O)CCCCCCCC)OC(=O)CCCCCCC/C=C\CCCC. The third kappa shape index (κ3) is 52.5. The molecule has 382 valence electrons. The summed E-state index contributed by atoms with van der Waals surface area (Å²) in [7, 11) is 0. The number of hydrogen-bond donors (Lipinski definition) is 0. The van der Waals surface area contributed by atoms with Crippen molar-refractivity contribution in [3.8, 4) is 0 Å². The maximum Gasteiger partial charge on any atom is 0.306 e. The molecule has 6 nitrogen and oxygen atoms in total. The monoisotopic (exact) mass is 939 g/mol. The van der Waals surface area contributed by atoms with Crippen LogP contribution in [0.1, 0.15) is 220 Å². The van der Waals surface area contributed by atoms with Crippen LogP contribution >= 0.6 is 0 Å². The van der Waals surface area contributed by atoms with E-state index < -0.39 is 6.10 Å². The van der Waals surface area contributed by atoms with Gasteiger partial charge in [-0.2, -0.15) is 0 Å². The zero-order valence-electron chi connectivity index (χ0n) is 43.6. The van der Waals surface area contributed by atoms with E-state index >= 15 is 0 Å². The molecule has 0 aromatic heterocycles. The van der Waals surface area contributed by atoms with Gasteiger partial charge in [0.05, 0.1) is 0 Å². The molecule has 0 amide bonds. The Morgan fingerprint density at radius 1 is 0.309 bits per heavy atom. The average Bonchev–Trinajstić information content (AvgIpc) is 3.34. The molecule has 0 aliphatic carbocycles. The van der Waals surface area contributed by atoms with E-state index in [-0.39, 0.29) is 31.1 Å². The molecular weight excluding hydrogens is 841 g/mol. The highest BCUT2D eigenvalue weighted by Gasteiger charge is 2.19. The van der Waals surface area contributed by atoms with Crippen LogP contribution in [-0.2, 0) is 28.6 Å². The van der Waals surface area contributed by atoms with Crippen LogP contribution in [0.2, 0.25) is 0 Å². The first-order chi connectivity index (χ1) is 33.5. The van der Waals surface area contributed by atoms with Crippen LogP contribution in [0.5, 0.6) is 0 Å². The van der Waals surface area contributed by atoms with Crippen LogP contribution in [0.15, 0.2) is 134 Å². The Balaban J connectivity index is 4.20. The Kier molecular flexibility index (Phi) is 51.5. The molecule has 6 heteroatoms.